The molecule has 1 saturated heterocycles. The fourth-order valence-corrected chi connectivity index (χ4v) is 4.11. The number of anilines is 2. The van der Waals surface area contributed by atoms with E-state index in [0.717, 1.165) is 24.8 Å². The highest BCUT2D eigenvalue weighted by molar-refractivity contribution is 6.39. The molecule has 3 aromatic rings. The molecule has 4 rings (SSSR count). The van der Waals surface area contributed by atoms with Gasteiger partial charge in [0.2, 0.25) is 0 Å². The molecule has 1 aromatic heterocycles. The molecule has 2 aromatic carbocycles. The van der Waals surface area contributed by atoms with Crippen LogP contribution in [0.15, 0.2) is 42.6 Å². The molecule has 9 nitrogen and oxygen atoms in total. The van der Waals surface area contributed by atoms with E-state index in [4.69, 9.17) is 42.7 Å². The van der Waals surface area contributed by atoms with Crippen LogP contribution < -0.4 is 5.32 Å². The van der Waals surface area contributed by atoms with Crippen molar-refractivity contribution in [3.63, 3.8) is 0 Å². The van der Waals surface area contributed by atoms with Crippen LogP contribution in [0.1, 0.15) is 64.4 Å². The number of para-hydroxylation sites is 1. The topological polar surface area (TPSA) is 115 Å². The number of benzene rings is 2. The average molecular weight is 559 g/mol. The Morgan fingerprint density at radius 1 is 1.29 bits per heavy atom. The van der Waals surface area contributed by atoms with Crippen LogP contribution >= 0.6 is 23.2 Å². The number of halogens is 2. The number of ether oxygens (including phenoxy) is 3. The van der Waals surface area contributed by atoms with Gasteiger partial charge in [0.1, 0.15) is 6.07 Å². The minimum Gasteiger partial charge on any atom is -0.435 e. The second-order valence-electron chi connectivity index (χ2n) is 8.21. The maximum absolute atomic E-state index is 12.2. The molecular formula is C27H28Cl2N4O5. The van der Waals surface area contributed by atoms with E-state index in [2.05, 4.69) is 10.4 Å². The van der Waals surface area contributed by atoms with Gasteiger partial charge in [-0.15, -0.1) is 0 Å². The Hall–Kier alpha value is -3.42. The highest BCUT2D eigenvalue weighted by Crippen LogP contribution is 2.36. The summed E-state index contributed by atoms with van der Waals surface area (Å²) >= 11 is 12.5. The lowest BCUT2D eigenvalue weighted by molar-refractivity contribution is -0.0400. The minimum atomic E-state index is -0.485. The molecule has 0 radical (unpaired) electrons. The van der Waals surface area contributed by atoms with Crippen molar-refractivity contribution < 1.29 is 23.8 Å². The Bertz CT molecular complexity index is 1300. The molecule has 0 amide bonds. The fraction of sp³-hybridized carbons (Fsp3) is 0.333. The smallest absolute Gasteiger partial charge is 0.342 e. The predicted octanol–water partition coefficient (Wildman–Crippen LogP) is 6.46. The van der Waals surface area contributed by atoms with Gasteiger partial charge in [0.25, 0.3) is 0 Å². The summed E-state index contributed by atoms with van der Waals surface area (Å²) in [6.07, 6.45) is 4.80. The van der Waals surface area contributed by atoms with Gasteiger partial charge in [-0.1, -0.05) is 41.4 Å². The number of carbonyl (C=O) groups is 2. The molecule has 1 N–H and O–H groups in total. The number of hydrogen-bond donors (Lipinski definition) is 1. The number of aryl methyl sites for hydroxylation is 1. The number of rotatable bonds is 8. The van der Waals surface area contributed by atoms with Gasteiger partial charge in [0.05, 0.1) is 38.7 Å². The highest BCUT2D eigenvalue weighted by atomic mass is 35.5. The third kappa shape index (κ3) is 7.33. The zero-order chi connectivity index (χ0) is 27.5. The predicted molar refractivity (Wildman–Crippen MR) is 144 cm³/mol. The molecule has 1 atom stereocenters. The molecule has 1 fully saturated rings. The minimum absolute atomic E-state index is 0.0877. The van der Waals surface area contributed by atoms with Crippen molar-refractivity contribution in [2.75, 3.05) is 25.3 Å². The van der Waals surface area contributed by atoms with E-state index in [-0.39, 0.29) is 18.7 Å². The summed E-state index contributed by atoms with van der Waals surface area (Å²) in [5, 5.41) is 17.0. The molecule has 0 aliphatic carbocycles. The highest BCUT2D eigenvalue weighted by Gasteiger charge is 2.21. The van der Waals surface area contributed by atoms with Gasteiger partial charge in [-0.25, -0.2) is 9.48 Å². The first kappa shape index (κ1) is 29.1. The average Bonchev–Trinajstić information content (AvgIpc) is 3.37. The maximum Gasteiger partial charge on any atom is 0.342 e. The van der Waals surface area contributed by atoms with Crippen molar-refractivity contribution in [3.8, 4) is 6.07 Å². The van der Waals surface area contributed by atoms with Gasteiger partial charge in [-0.2, -0.15) is 10.4 Å². The van der Waals surface area contributed by atoms with Gasteiger partial charge >= 0.3 is 5.97 Å². The zero-order valence-corrected chi connectivity index (χ0v) is 22.6. The number of aromatic nitrogens is 2. The molecule has 0 saturated carbocycles. The summed E-state index contributed by atoms with van der Waals surface area (Å²) in [4.78, 5) is 22.8. The molecule has 1 aliphatic rings. The van der Waals surface area contributed by atoms with Crippen LogP contribution in [-0.4, -0.2) is 42.0 Å². The van der Waals surface area contributed by atoms with Crippen LogP contribution in [-0.2, 0) is 14.2 Å². The summed E-state index contributed by atoms with van der Waals surface area (Å²) in [5.74, 6) is -0.485. The van der Waals surface area contributed by atoms with Crippen molar-refractivity contribution >= 4 is 46.8 Å². The van der Waals surface area contributed by atoms with Crippen LogP contribution in [0.25, 0.3) is 0 Å². The molecule has 200 valence electrons. The Morgan fingerprint density at radius 3 is 2.76 bits per heavy atom. The Morgan fingerprint density at radius 2 is 2.08 bits per heavy atom. The first-order valence-corrected chi connectivity index (χ1v) is 12.8. The monoisotopic (exact) mass is 558 g/mol. The van der Waals surface area contributed by atoms with Crippen molar-refractivity contribution in [3.05, 3.63) is 75.0 Å². The van der Waals surface area contributed by atoms with E-state index in [1.807, 2.05) is 26.0 Å². The van der Waals surface area contributed by atoms with E-state index >= 15 is 0 Å². The third-order valence-corrected chi connectivity index (χ3v) is 6.46. The van der Waals surface area contributed by atoms with Crippen molar-refractivity contribution in [2.45, 2.75) is 39.3 Å². The van der Waals surface area contributed by atoms with Crippen LogP contribution in [0.2, 0.25) is 10.0 Å². The quantitative estimate of drug-likeness (QED) is 0.145. The molecular weight excluding hydrogens is 531 g/mol. The standard InChI is InChI=1S/C17H17Cl2NO3.C10H11N3O2/c1-3-22-10-23-17(21)12-6-4-5-7-14(12)20-16-13(18)9-8-11(2)15(16)19;11-5-9-8(7-14)6-12-13(9)10-3-1-2-4-15-10/h4-9,20H,3,10H2,1-2H3;6-7,10H,1-4H2. The molecule has 11 heteroatoms. The SMILES string of the molecule is CCOCOC(=O)c1ccccc1Nc1c(Cl)ccc(C)c1Cl.N#Cc1c(C=O)cnn1C1CCCCO1. The van der Waals surface area contributed by atoms with Crippen LogP contribution in [0.3, 0.4) is 0 Å². The first-order valence-electron chi connectivity index (χ1n) is 12.0. The second-order valence-corrected chi connectivity index (χ2v) is 9.00. The van der Waals surface area contributed by atoms with E-state index in [0.29, 0.717) is 52.0 Å². The molecule has 1 aliphatic heterocycles. The number of nitrogens with one attached hydrogen (secondary N) is 1. The van der Waals surface area contributed by atoms with Gasteiger partial charge in [0, 0.05) is 13.2 Å². The lowest BCUT2D eigenvalue weighted by atomic mass is 10.1. The Kier molecular flexibility index (Phi) is 11.1. The molecule has 0 bridgehead atoms. The third-order valence-electron chi connectivity index (χ3n) is 5.65. The summed E-state index contributed by atoms with van der Waals surface area (Å²) in [6, 6.07) is 12.5. The largest absolute Gasteiger partial charge is 0.435 e. The summed E-state index contributed by atoms with van der Waals surface area (Å²) in [6.45, 7) is 4.78. The number of carbonyl (C=O) groups excluding carboxylic acids is 2. The van der Waals surface area contributed by atoms with Crippen LogP contribution in [0, 0.1) is 18.3 Å². The van der Waals surface area contributed by atoms with Gasteiger partial charge in [-0.3, -0.25) is 4.79 Å². The lowest BCUT2D eigenvalue weighted by Gasteiger charge is -2.23. The number of hydrogen-bond acceptors (Lipinski definition) is 8. The summed E-state index contributed by atoms with van der Waals surface area (Å²) < 4.78 is 17.1. The Balaban J connectivity index is 0.000000230. The van der Waals surface area contributed by atoms with Crippen molar-refractivity contribution in [1.29, 1.82) is 5.26 Å². The van der Waals surface area contributed by atoms with Crippen LogP contribution in [0.4, 0.5) is 11.4 Å². The maximum atomic E-state index is 12.2. The fourth-order valence-electron chi connectivity index (χ4n) is 3.64. The van der Waals surface area contributed by atoms with Crippen molar-refractivity contribution in [1.82, 2.24) is 9.78 Å². The number of nitriles is 1. The molecule has 0 spiro atoms. The van der Waals surface area contributed by atoms with Gasteiger partial charge in [-0.05, 0) is 56.9 Å². The van der Waals surface area contributed by atoms with Gasteiger partial charge < -0.3 is 19.5 Å². The normalized spacial score (nSPS) is 14.6. The lowest BCUT2D eigenvalue weighted by Crippen LogP contribution is -2.20. The second kappa shape index (κ2) is 14.5. The number of nitrogens with zero attached hydrogens (tertiary/aromatic N) is 3. The molecule has 38 heavy (non-hydrogen) atoms. The van der Waals surface area contributed by atoms with E-state index in [1.54, 1.807) is 30.3 Å². The van der Waals surface area contributed by atoms with Crippen LogP contribution in [0.5, 0.6) is 0 Å². The molecule has 1 unspecified atom stereocenters. The Labute approximate surface area is 231 Å². The number of aldehydes is 1. The van der Waals surface area contributed by atoms with Crippen molar-refractivity contribution in [2.24, 2.45) is 0 Å². The first-order chi connectivity index (χ1) is 18.4. The van der Waals surface area contributed by atoms with E-state index in [9.17, 15) is 9.59 Å². The van der Waals surface area contributed by atoms with E-state index < -0.39 is 5.97 Å². The number of esters is 1. The zero-order valence-electron chi connectivity index (χ0n) is 21.1. The summed E-state index contributed by atoms with van der Waals surface area (Å²) in [7, 11) is 0. The van der Waals surface area contributed by atoms with Gasteiger partial charge in [0.15, 0.2) is 25.0 Å². The molecule has 2 heterocycles. The summed E-state index contributed by atoms with van der Waals surface area (Å²) in [5.41, 5.74) is 2.99. The van der Waals surface area contributed by atoms with E-state index in [1.165, 1.54) is 10.9 Å².